The number of piperidine rings is 1. The lowest BCUT2D eigenvalue weighted by Crippen LogP contribution is -2.46. The first-order valence-electron chi connectivity index (χ1n) is 9.72. The number of hydrogen-bond donors (Lipinski definition) is 0. The van der Waals surface area contributed by atoms with Crippen molar-refractivity contribution in [2.45, 2.75) is 71.3 Å². The summed E-state index contributed by atoms with van der Waals surface area (Å²) in [6, 6.07) is 4.29. The molecule has 0 unspecified atom stereocenters. The van der Waals surface area contributed by atoms with E-state index in [1.54, 1.807) is 0 Å². The van der Waals surface area contributed by atoms with Crippen LogP contribution in [0, 0.1) is 11.3 Å². The predicted octanol–water partition coefficient (Wildman–Crippen LogP) is 4.83. The van der Waals surface area contributed by atoms with Gasteiger partial charge in [-0.3, -0.25) is 4.98 Å². The minimum absolute atomic E-state index is 0.145. The Labute approximate surface area is 152 Å². The third-order valence-corrected chi connectivity index (χ3v) is 5.92. The van der Waals surface area contributed by atoms with Gasteiger partial charge < -0.3 is 9.64 Å². The van der Waals surface area contributed by atoms with Gasteiger partial charge in [0, 0.05) is 25.5 Å². The molecule has 0 bridgehead atoms. The van der Waals surface area contributed by atoms with Gasteiger partial charge >= 0.3 is 6.09 Å². The summed E-state index contributed by atoms with van der Waals surface area (Å²) in [6.07, 6.45) is 12.3. The van der Waals surface area contributed by atoms with Crippen LogP contribution in [0.25, 0.3) is 0 Å². The van der Waals surface area contributed by atoms with Crippen LogP contribution in [-0.2, 0) is 11.2 Å². The largest absolute Gasteiger partial charge is 0.444 e. The van der Waals surface area contributed by atoms with Crippen molar-refractivity contribution in [1.29, 1.82) is 0 Å². The van der Waals surface area contributed by atoms with Gasteiger partial charge in [0.05, 0.1) is 0 Å². The van der Waals surface area contributed by atoms with Gasteiger partial charge in [-0.05, 0) is 94.7 Å². The molecule has 0 radical (unpaired) electrons. The Morgan fingerprint density at radius 2 is 1.76 bits per heavy atom. The zero-order chi connectivity index (χ0) is 17.9. The van der Waals surface area contributed by atoms with E-state index in [1.165, 1.54) is 37.7 Å². The summed E-state index contributed by atoms with van der Waals surface area (Å²) < 4.78 is 5.52. The lowest BCUT2D eigenvalue weighted by atomic mass is 9.65. The van der Waals surface area contributed by atoms with E-state index in [9.17, 15) is 4.79 Å². The molecule has 4 nitrogen and oxygen atoms in total. The van der Waals surface area contributed by atoms with Crippen LogP contribution in [0.5, 0.6) is 0 Å². The number of rotatable bonds is 2. The number of ether oxygens (including phenoxy) is 1. The highest BCUT2D eigenvalue weighted by molar-refractivity contribution is 5.68. The second kappa shape index (κ2) is 7.35. The summed E-state index contributed by atoms with van der Waals surface area (Å²) in [5.41, 5.74) is 1.47. The van der Waals surface area contributed by atoms with Gasteiger partial charge in [-0.1, -0.05) is 0 Å². The standard InChI is InChI=1S/C21H32N2O2/c1-20(2,3)25-19(24)23-14-10-21(11-15-23)8-4-17(5-9-21)16-18-6-12-22-13-7-18/h6-7,12-13,17H,4-5,8-11,14-16H2,1-3H3. The minimum Gasteiger partial charge on any atom is -0.444 e. The van der Waals surface area contributed by atoms with Gasteiger partial charge in [0.2, 0.25) is 0 Å². The second-order valence-electron chi connectivity index (χ2n) is 8.97. The lowest BCUT2D eigenvalue weighted by molar-refractivity contribution is 0.00143. The molecule has 1 saturated heterocycles. The van der Waals surface area contributed by atoms with E-state index >= 15 is 0 Å². The molecule has 2 heterocycles. The molecule has 25 heavy (non-hydrogen) atoms. The van der Waals surface area contributed by atoms with Crippen LogP contribution >= 0.6 is 0 Å². The van der Waals surface area contributed by atoms with Crippen molar-refractivity contribution in [2.24, 2.45) is 11.3 Å². The number of likely N-dealkylation sites (tertiary alicyclic amines) is 1. The highest BCUT2D eigenvalue weighted by Crippen LogP contribution is 2.47. The van der Waals surface area contributed by atoms with E-state index in [0.717, 1.165) is 31.8 Å². The van der Waals surface area contributed by atoms with Gasteiger partial charge in [0.15, 0.2) is 0 Å². The quantitative estimate of drug-likeness (QED) is 0.771. The van der Waals surface area contributed by atoms with E-state index < -0.39 is 5.60 Å². The van der Waals surface area contributed by atoms with E-state index in [-0.39, 0.29) is 6.09 Å². The fourth-order valence-electron chi connectivity index (χ4n) is 4.34. The molecule has 1 aromatic heterocycles. The van der Waals surface area contributed by atoms with Crippen LogP contribution in [0.3, 0.4) is 0 Å². The summed E-state index contributed by atoms with van der Waals surface area (Å²) in [6.45, 7) is 7.50. The first-order valence-corrected chi connectivity index (χ1v) is 9.72. The van der Waals surface area contributed by atoms with Crippen molar-refractivity contribution < 1.29 is 9.53 Å². The summed E-state index contributed by atoms with van der Waals surface area (Å²) in [7, 11) is 0. The number of pyridine rings is 1. The SMILES string of the molecule is CC(C)(C)OC(=O)N1CCC2(CCC(Cc3ccncc3)CC2)CC1. The predicted molar refractivity (Wildman–Crippen MR) is 99.4 cm³/mol. The Kier molecular flexibility index (Phi) is 5.35. The molecule has 2 aliphatic rings. The first-order chi connectivity index (χ1) is 11.9. The maximum atomic E-state index is 12.2. The van der Waals surface area contributed by atoms with Gasteiger partial charge in [0.25, 0.3) is 0 Å². The Morgan fingerprint density at radius 1 is 1.16 bits per heavy atom. The maximum absolute atomic E-state index is 12.2. The molecule has 1 spiro atoms. The molecule has 1 saturated carbocycles. The van der Waals surface area contributed by atoms with Crippen LogP contribution in [0.2, 0.25) is 0 Å². The van der Waals surface area contributed by atoms with Crippen molar-refractivity contribution in [3.63, 3.8) is 0 Å². The molecule has 138 valence electrons. The summed E-state index contributed by atoms with van der Waals surface area (Å²) in [5.74, 6) is 0.803. The Balaban J connectivity index is 1.46. The minimum atomic E-state index is -0.406. The number of aromatic nitrogens is 1. The van der Waals surface area contributed by atoms with Crippen molar-refractivity contribution in [3.05, 3.63) is 30.1 Å². The maximum Gasteiger partial charge on any atom is 0.410 e. The second-order valence-corrected chi connectivity index (χ2v) is 8.97. The smallest absolute Gasteiger partial charge is 0.410 e. The normalized spacial score (nSPS) is 21.3. The van der Waals surface area contributed by atoms with Crippen LogP contribution in [0.1, 0.15) is 64.9 Å². The van der Waals surface area contributed by atoms with E-state index in [0.29, 0.717) is 5.41 Å². The van der Waals surface area contributed by atoms with Gasteiger partial charge in [0.1, 0.15) is 5.60 Å². The molecule has 4 heteroatoms. The zero-order valence-corrected chi connectivity index (χ0v) is 16.0. The molecular formula is C21H32N2O2. The molecule has 1 aliphatic heterocycles. The Hall–Kier alpha value is -1.58. The van der Waals surface area contributed by atoms with Crippen LogP contribution in [0.15, 0.2) is 24.5 Å². The van der Waals surface area contributed by atoms with Crippen LogP contribution < -0.4 is 0 Å². The van der Waals surface area contributed by atoms with Crippen LogP contribution in [0.4, 0.5) is 4.79 Å². The molecule has 2 fully saturated rings. The zero-order valence-electron chi connectivity index (χ0n) is 16.0. The fourth-order valence-corrected chi connectivity index (χ4v) is 4.34. The number of amides is 1. The molecule has 0 atom stereocenters. The van der Waals surface area contributed by atoms with E-state index in [4.69, 9.17) is 4.74 Å². The molecule has 1 aromatic rings. The van der Waals surface area contributed by atoms with E-state index in [2.05, 4.69) is 17.1 Å². The average Bonchev–Trinajstić information content (AvgIpc) is 2.57. The molecule has 1 aliphatic carbocycles. The number of nitrogens with zero attached hydrogens (tertiary/aromatic N) is 2. The Morgan fingerprint density at radius 3 is 2.32 bits per heavy atom. The van der Waals surface area contributed by atoms with Crippen molar-refractivity contribution in [1.82, 2.24) is 9.88 Å². The highest BCUT2D eigenvalue weighted by Gasteiger charge is 2.39. The average molecular weight is 344 g/mol. The van der Waals surface area contributed by atoms with Gasteiger partial charge in [-0.2, -0.15) is 0 Å². The van der Waals surface area contributed by atoms with Gasteiger partial charge in [-0.25, -0.2) is 4.79 Å². The van der Waals surface area contributed by atoms with E-state index in [1.807, 2.05) is 38.1 Å². The topological polar surface area (TPSA) is 42.4 Å². The first kappa shape index (κ1) is 18.2. The summed E-state index contributed by atoms with van der Waals surface area (Å²) in [4.78, 5) is 18.2. The van der Waals surface area contributed by atoms with Gasteiger partial charge in [-0.15, -0.1) is 0 Å². The third kappa shape index (κ3) is 4.96. The highest BCUT2D eigenvalue weighted by atomic mass is 16.6. The molecule has 0 aromatic carbocycles. The van der Waals surface area contributed by atoms with Crippen molar-refractivity contribution in [2.75, 3.05) is 13.1 Å². The molecular weight excluding hydrogens is 312 g/mol. The van der Waals surface area contributed by atoms with Crippen molar-refractivity contribution in [3.8, 4) is 0 Å². The molecule has 3 rings (SSSR count). The number of carbonyl (C=O) groups is 1. The lowest BCUT2D eigenvalue weighted by Gasteiger charge is -2.46. The van der Waals surface area contributed by atoms with Crippen LogP contribution in [-0.4, -0.2) is 34.7 Å². The molecule has 0 N–H and O–H groups in total. The third-order valence-electron chi connectivity index (χ3n) is 5.92. The number of carbonyl (C=O) groups excluding carboxylic acids is 1. The molecule has 1 amide bonds. The summed E-state index contributed by atoms with van der Waals surface area (Å²) in [5, 5.41) is 0. The monoisotopic (exact) mass is 344 g/mol. The van der Waals surface area contributed by atoms with Crippen molar-refractivity contribution >= 4 is 6.09 Å². The fraction of sp³-hybridized carbons (Fsp3) is 0.714. The summed E-state index contributed by atoms with van der Waals surface area (Å²) >= 11 is 0. The number of hydrogen-bond acceptors (Lipinski definition) is 3. The Bertz CT molecular complexity index is 561.